The topological polar surface area (TPSA) is 41.3 Å². The quantitative estimate of drug-likeness (QED) is 0.765. The van der Waals surface area contributed by atoms with Gasteiger partial charge in [0.2, 0.25) is 0 Å². The Kier molecular flexibility index (Phi) is 4.02. The molecule has 27 heavy (non-hydrogen) atoms. The summed E-state index contributed by atoms with van der Waals surface area (Å²) in [5, 5.41) is 11.9. The van der Waals surface area contributed by atoms with E-state index in [0.29, 0.717) is 12.6 Å². The standard InChI is InChI=1S/C22H24FN3O/c1-14-11-16(23)12-17-21-18-3-2-9-25(18)10-6-19(21)26(22(14)17)13-20(27)15-4-7-24-8-5-15/h4-5,7-8,11-12,18,20,27H,2-3,6,9-10,13H2,1H3/t18-,20-/m1/s1. The number of aliphatic hydroxyl groups is 1. The zero-order chi connectivity index (χ0) is 18.5. The molecule has 4 nitrogen and oxygen atoms in total. The molecule has 1 fully saturated rings. The third kappa shape index (κ3) is 2.68. The highest BCUT2D eigenvalue weighted by atomic mass is 19.1. The lowest BCUT2D eigenvalue weighted by Crippen LogP contribution is -2.31. The van der Waals surface area contributed by atoms with Crippen LogP contribution in [0.5, 0.6) is 0 Å². The maximum Gasteiger partial charge on any atom is 0.124 e. The molecule has 0 radical (unpaired) electrons. The van der Waals surface area contributed by atoms with Gasteiger partial charge in [0.1, 0.15) is 5.82 Å². The molecule has 1 N–H and O–H groups in total. The first-order chi connectivity index (χ1) is 13.1. The van der Waals surface area contributed by atoms with E-state index in [0.717, 1.165) is 48.0 Å². The van der Waals surface area contributed by atoms with Crippen molar-refractivity contribution in [1.29, 1.82) is 0 Å². The molecule has 140 valence electrons. The molecule has 1 aromatic carbocycles. The number of fused-ring (bicyclic) bond motifs is 5. The second kappa shape index (κ2) is 6.43. The van der Waals surface area contributed by atoms with Crippen LogP contribution in [0.3, 0.4) is 0 Å². The Morgan fingerprint density at radius 3 is 2.89 bits per heavy atom. The van der Waals surface area contributed by atoms with Crippen molar-refractivity contribution >= 4 is 10.9 Å². The van der Waals surface area contributed by atoms with E-state index < -0.39 is 6.10 Å². The van der Waals surface area contributed by atoms with E-state index in [1.54, 1.807) is 24.5 Å². The number of aryl methyl sites for hydroxylation is 1. The summed E-state index contributed by atoms with van der Waals surface area (Å²) in [5.41, 5.74) is 5.43. The summed E-state index contributed by atoms with van der Waals surface area (Å²) in [7, 11) is 0. The van der Waals surface area contributed by atoms with Crippen LogP contribution in [0.25, 0.3) is 10.9 Å². The van der Waals surface area contributed by atoms with Crippen molar-refractivity contribution in [2.24, 2.45) is 0 Å². The molecule has 0 aliphatic carbocycles. The largest absolute Gasteiger partial charge is 0.387 e. The number of benzene rings is 1. The molecule has 2 aromatic heterocycles. The predicted molar refractivity (Wildman–Crippen MR) is 103 cm³/mol. The molecule has 5 rings (SSSR count). The second-order valence-corrected chi connectivity index (χ2v) is 7.83. The summed E-state index contributed by atoms with van der Waals surface area (Å²) in [6.45, 7) is 4.62. The van der Waals surface area contributed by atoms with Gasteiger partial charge in [-0.1, -0.05) is 0 Å². The van der Waals surface area contributed by atoms with E-state index in [1.807, 2.05) is 19.1 Å². The maximum atomic E-state index is 14.3. The minimum Gasteiger partial charge on any atom is -0.387 e. The molecule has 0 unspecified atom stereocenters. The first-order valence-electron chi connectivity index (χ1n) is 9.76. The zero-order valence-electron chi connectivity index (χ0n) is 15.5. The normalized spacial score (nSPS) is 20.6. The van der Waals surface area contributed by atoms with Crippen molar-refractivity contribution in [3.63, 3.8) is 0 Å². The van der Waals surface area contributed by atoms with Crippen LogP contribution in [0.2, 0.25) is 0 Å². The number of halogens is 1. The van der Waals surface area contributed by atoms with E-state index in [-0.39, 0.29) is 5.82 Å². The van der Waals surface area contributed by atoms with Crippen molar-refractivity contribution in [2.75, 3.05) is 13.1 Å². The molecule has 0 spiro atoms. The van der Waals surface area contributed by atoms with Crippen LogP contribution in [0.4, 0.5) is 4.39 Å². The monoisotopic (exact) mass is 365 g/mol. The fraction of sp³-hybridized carbons (Fsp3) is 0.409. The molecule has 1 saturated heterocycles. The molecule has 3 aromatic rings. The van der Waals surface area contributed by atoms with Gasteiger partial charge in [0.25, 0.3) is 0 Å². The van der Waals surface area contributed by atoms with Crippen molar-refractivity contribution < 1.29 is 9.50 Å². The Morgan fingerprint density at radius 1 is 1.26 bits per heavy atom. The summed E-state index contributed by atoms with van der Waals surface area (Å²) in [6.07, 6.45) is 6.08. The smallest absolute Gasteiger partial charge is 0.124 e. The zero-order valence-corrected chi connectivity index (χ0v) is 15.5. The van der Waals surface area contributed by atoms with Crippen LogP contribution in [0, 0.1) is 12.7 Å². The van der Waals surface area contributed by atoms with Crippen LogP contribution >= 0.6 is 0 Å². The lowest BCUT2D eigenvalue weighted by molar-refractivity contribution is 0.155. The first kappa shape index (κ1) is 16.9. The van der Waals surface area contributed by atoms with Crippen molar-refractivity contribution in [2.45, 2.75) is 44.9 Å². The molecule has 0 amide bonds. The highest BCUT2D eigenvalue weighted by Crippen LogP contribution is 2.44. The van der Waals surface area contributed by atoms with Gasteiger partial charge in [0.05, 0.1) is 18.2 Å². The Morgan fingerprint density at radius 2 is 2.07 bits per heavy atom. The molecule has 2 aliphatic rings. The Hall–Kier alpha value is -2.24. The van der Waals surface area contributed by atoms with Gasteiger partial charge in [0.15, 0.2) is 0 Å². The summed E-state index contributed by atoms with van der Waals surface area (Å²) in [4.78, 5) is 6.57. The van der Waals surface area contributed by atoms with Crippen LogP contribution in [-0.2, 0) is 13.0 Å². The van der Waals surface area contributed by atoms with Crippen molar-refractivity contribution in [3.05, 3.63) is 64.9 Å². The molecule has 2 aliphatic heterocycles. The highest BCUT2D eigenvalue weighted by Gasteiger charge is 2.36. The molecule has 4 heterocycles. The summed E-state index contributed by atoms with van der Waals surface area (Å²) in [5.74, 6) is -0.176. The number of hydrogen-bond donors (Lipinski definition) is 1. The molecule has 2 atom stereocenters. The average Bonchev–Trinajstić information content (AvgIpc) is 3.25. The predicted octanol–water partition coefficient (Wildman–Crippen LogP) is 3.91. The Bertz CT molecular complexity index is 998. The first-order valence-corrected chi connectivity index (χ1v) is 9.76. The van der Waals surface area contributed by atoms with E-state index in [2.05, 4.69) is 14.5 Å². The average molecular weight is 365 g/mol. The van der Waals surface area contributed by atoms with E-state index in [9.17, 15) is 9.50 Å². The van der Waals surface area contributed by atoms with E-state index in [4.69, 9.17) is 0 Å². The van der Waals surface area contributed by atoms with Gasteiger partial charge in [-0.3, -0.25) is 9.88 Å². The van der Waals surface area contributed by atoms with Crippen LogP contribution < -0.4 is 0 Å². The molecule has 5 heteroatoms. The minimum absolute atomic E-state index is 0.176. The highest BCUT2D eigenvalue weighted by molar-refractivity contribution is 5.89. The molecular formula is C22H24FN3O. The lowest BCUT2D eigenvalue weighted by Gasteiger charge is -2.31. The number of nitrogens with zero attached hydrogens (tertiary/aromatic N) is 3. The van der Waals surface area contributed by atoms with Crippen molar-refractivity contribution in [1.82, 2.24) is 14.5 Å². The number of pyridine rings is 1. The third-order valence-corrected chi connectivity index (χ3v) is 6.24. The molecule has 0 saturated carbocycles. The maximum absolute atomic E-state index is 14.3. The van der Waals surface area contributed by atoms with Gasteiger partial charge in [0, 0.05) is 42.5 Å². The number of rotatable bonds is 3. The summed E-state index contributed by atoms with van der Waals surface area (Å²) in [6, 6.07) is 7.40. The summed E-state index contributed by atoms with van der Waals surface area (Å²) >= 11 is 0. The fourth-order valence-electron chi connectivity index (χ4n) is 5.11. The van der Waals surface area contributed by atoms with Crippen molar-refractivity contribution in [3.8, 4) is 0 Å². The van der Waals surface area contributed by atoms with Gasteiger partial charge < -0.3 is 9.67 Å². The number of hydrogen-bond acceptors (Lipinski definition) is 3. The van der Waals surface area contributed by atoms with Crippen LogP contribution in [0.1, 0.15) is 47.4 Å². The van der Waals surface area contributed by atoms with E-state index in [1.165, 1.54) is 17.7 Å². The van der Waals surface area contributed by atoms with Gasteiger partial charge in [-0.2, -0.15) is 0 Å². The molecule has 0 bridgehead atoms. The minimum atomic E-state index is -0.612. The fourth-order valence-corrected chi connectivity index (χ4v) is 5.11. The van der Waals surface area contributed by atoms with Gasteiger partial charge in [-0.05, 0) is 67.3 Å². The van der Waals surface area contributed by atoms with Gasteiger partial charge in [-0.15, -0.1) is 0 Å². The Balaban J connectivity index is 1.68. The van der Waals surface area contributed by atoms with E-state index >= 15 is 0 Å². The SMILES string of the molecule is Cc1cc(F)cc2c3c(n(C[C@@H](O)c4ccncc4)c12)CCN1CCC[C@H]31. The van der Waals surface area contributed by atoms with Crippen LogP contribution in [-0.4, -0.2) is 32.6 Å². The molecular weight excluding hydrogens is 341 g/mol. The summed E-state index contributed by atoms with van der Waals surface area (Å²) < 4.78 is 16.5. The Labute approximate surface area is 158 Å². The van der Waals surface area contributed by atoms with Gasteiger partial charge >= 0.3 is 0 Å². The number of aromatic nitrogens is 2. The second-order valence-electron chi connectivity index (χ2n) is 7.83. The van der Waals surface area contributed by atoms with Gasteiger partial charge in [-0.25, -0.2) is 4.39 Å². The third-order valence-electron chi connectivity index (χ3n) is 6.24. The lowest BCUT2D eigenvalue weighted by atomic mass is 9.95. The number of aliphatic hydroxyl groups excluding tert-OH is 1. The van der Waals surface area contributed by atoms with Crippen LogP contribution in [0.15, 0.2) is 36.7 Å².